The second kappa shape index (κ2) is 7.54. The molecule has 13 heteroatoms. The lowest BCUT2D eigenvalue weighted by Crippen LogP contribution is -2.28. The molecule has 0 saturated heterocycles. The number of hydrogen-bond acceptors (Lipinski definition) is 7. The lowest BCUT2D eigenvalue weighted by molar-refractivity contribution is -0.0500. The molecular formula is C16H16F4N2O6S. The van der Waals surface area contributed by atoms with Crippen LogP contribution in [0.1, 0.15) is 20.8 Å². The molecule has 0 bridgehead atoms. The highest BCUT2D eigenvalue weighted by molar-refractivity contribution is 7.88. The molecule has 0 unspecified atom stereocenters. The summed E-state index contributed by atoms with van der Waals surface area (Å²) in [5, 5.41) is 3.75. The number of rotatable bonds is 4. The third-order valence-corrected chi connectivity index (χ3v) is 4.18. The van der Waals surface area contributed by atoms with Crippen LogP contribution in [0.15, 0.2) is 24.5 Å². The Bertz CT molecular complexity index is 1030. The fraction of sp³-hybridized carbons (Fsp3) is 0.375. The number of nitrogens with zero attached hydrogens (tertiary/aromatic N) is 2. The first-order chi connectivity index (χ1) is 13.1. The van der Waals surface area contributed by atoms with Crippen molar-refractivity contribution in [3.05, 3.63) is 30.3 Å². The molecule has 0 fully saturated rings. The molecule has 160 valence electrons. The highest BCUT2D eigenvalue weighted by Crippen LogP contribution is 2.37. The van der Waals surface area contributed by atoms with Crippen LogP contribution in [-0.4, -0.2) is 42.5 Å². The van der Waals surface area contributed by atoms with Crippen molar-refractivity contribution >= 4 is 16.2 Å². The predicted octanol–water partition coefficient (Wildman–Crippen LogP) is 3.71. The van der Waals surface area contributed by atoms with Gasteiger partial charge in [-0.2, -0.15) is 31.4 Å². The van der Waals surface area contributed by atoms with E-state index >= 15 is 0 Å². The van der Waals surface area contributed by atoms with E-state index in [9.17, 15) is 30.8 Å². The normalized spacial score (nSPS) is 12.6. The van der Waals surface area contributed by atoms with Crippen LogP contribution < -0.4 is 8.92 Å². The van der Waals surface area contributed by atoms with E-state index < -0.39 is 44.6 Å². The summed E-state index contributed by atoms with van der Waals surface area (Å²) >= 11 is 0. The Morgan fingerprint density at radius 3 is 2.28 bits per heavy atom. The van der Waals surface area contributed by atoms with Crippen LogP contribution in [0.3, 0.4) is 0 Å². The van der Waals surface area contributed by atoms with Crippen LogP contribution in [0.2, 0.25) is 0 Å². The summed E-state index contributed by atoms with van der Waals surface area (Å²) in [6.45, 7) is 4.90. The zero-order valence-corrected chi connectivity index (χ0v) is 16.4. The minimum Gasteiger partial charge on any atom is -0.493 e. The number of methoxy groups -OCH3 is 1. The van der Waals surface area contributed by atoms with E-state index in [0.717, 1.165) is 30.3 Å². The number of halogens is 4. The van der Waals surface area contributed by atoms with E-state index in [4.69, 9.17) is 9.47 Å². The van der Waals surface area contributed by atoms with Crippen molar-refractivity contribution in [1.82, 2.24) is 9.78 Å². The maximum absolute atomic E-state index is 14.4. The molecule has 1 aromatic carbocycles. The zero-order chi connectivity index (χ0) is 22.2. The van der Waals surface area contributed by atoms with Gasteiger partial charge in [0.25, 0.3) is 0 Å². The molecular weight excluding hydrogens is 424 g/mol. The van der Waals surface area contributed by atoms with Gasteiger partial charge in [-0.05, 0) is 26.8 Å². The van der Waals surface area contributed by atoms with Crippen molar-refractivity contribution in [2.24, 2.45) is 0 Å². The topological polar surface area (TPSA) is 96.7 Å². The average Bonchev–Trinajstić information content (AvgIpc) is 3.02. The van der Waals surface area contributed by atoms with Crippen molar-refractivity contribution in [3.8, 4) is 22.6 Å². The van der Waals surface area contributed by atoms with Gasteiger partial charge in [-0.25, -0.2) is 9.18 Å². The second-order valence-corrected chi connectivity index (χ2v) is 8.16. The molecule has 0 aliphatic heterocycles. The maximum Gasteiger partial charge on any atom is 0.534 e. The lowest BCUT2D eigenvalue weighted by atomic mass is 10.1. The maximum atomic E-state index is 14.4. The standard InChI is InChI=1S/C16H16F4N2O6S/c1-15(2,3)27-14(23)22-8-9(7-21-22)10-5-12(26-4)13(6-11(10)17)28-29(24,25)16(18,19)20/h5-8H,1-4H3. The first-order valence-corrected chi connectivity index (χ1v) is 9.22. The number of aromatic nitrogens is 2. The van der Waals surface area contributed by atoms with Gasteiger partial charge >= 0.3 is 21.7 Å². The monoisotopic (exact) mass is 440 g/mol. The van der Waals surface area contributed by atoms with Crippen molar-refractivity contribution < 1.29 is 44.4 Å². The van der Waals surface area contributed by atoms with Crippen LogP contribution in [0.5, 0.6) is 11.5 Å². The van der Waals surface area contributed by atoms with E-state index in [1.165, 1.54) is 0 Å². The van der Waals surface area contributed by atoms with Crippen LogP contribution >= 0.6 is 0 Å². The Balaban J connectivity index is 2.41. The number of carbonyl (C=O) groups excluding carboxylic acids is 1. The Morgan fingerprint density at radius 2 is 1.76 bits per heavy atom. The van der Waals surface area contributed by atoms with Crippen LogP contribution in [0, 0.1) is 5.82 Å². The summed E-state index contributed by atoms with van der Waals surface area (Å²) in [4.78, 5) is 12.0. The molecule has 29 heavy (non-hydrogen) atoms. The Labute approximate surface area is 163 Å². The van der Waals surface area contributed by atoms with E-state index in [1.807, 2.05) is 0 Å². The number of alkyl halides is 3. The van der Waals surface area contributed by atoms with Crippen molar-refractivity contribution in [1.29, 1.82) is 0 Å². The summed E-state index contributed by atoms with van der Waals surface area (Å²) in [7, 11) is -5.00. The lowest BCUT2D eigenvalue weighted by Gasteiger charge is -2.18. The van der Waals surface area contributed by atoms with E-state index in [0.29, 0.717) is 6.07 Å². The van der Waals surface area contributed by atoms with E-state index in [-0.39, 0.29) is 11.1 Å². The third-order valence-electron chi connectivity index (χ3n) is 3.21. The Hall–Kier alpha value is -2.83. The minimum atomic E-state index is -6.03. The molecule has 0 saturated carbocycles. The SMILES string of the molecule is COc1cc(-c2cnn(C(=O)OC(C)(C)C)c2)c(F)cc1OS(=O)(=O)C(F)(F)F. The first kappa shape index (κ1) is 22.5. The quantitative estimate of drug-likeness (QED) is 0.406. The molecule has 8 nitrogen and oxygen atoms in total. The Kier molecular flexibility index (Phi) is 5.84. The van der Waals surface area contributed by atoms with Gasteiger partial charge in [-0.15, -0.1) is 0 Å². The second-order valence-electron chi connectivity index (χ2n) is 6.62. The fourth-order valence-corrected chi connectivity index (χ4v) is 2.48. The van der Waals surface area contributed by atoms with E-state index in [1.54, 1.807) is 20.8 Å². The van der Waals surface area contributed by atoms with Gasteiger partial charge in [0.05, 0.1) is 13.3 Å². The molecule has 1 aromatic heterocycles. The molecule has 2 rings (SSSR count). The summed E-state index contributed by atoms with van der Waals surface area (Å²) in [6.07, 6.45) is 1.39. The van der Waals surface area contributed by atoms with Gasteiger partial charge in [-0.3, -0.25) is 0 Å². The van der Waals surface area contributed by atoms with Gasteiger partial charge in [0.15, 0.2) is 11.5 Å². The van der Waals surface area contributed by atoms with Gasteiger partial charge in [-0.1, -0.05) is 0 Å². The number of hydrogen-bond donors (Lipinski definition) is 0. The van der Waals surface area contributed by atoms with Crippen molar-refractivity contribution in [2.75, 3.05) is 7.11 Å². The largest absolute Gasteiger partial charge is 0.534 e. The van der Waals surface area contributed by atoms with Crippen molar-refractivity contribution in [2.45, 2.75) is 31.9 Å². The molecule has 2 aromatic rings. The molecule has 0 atom stereocenters. The Morgan fingerprint density at radius 1 is 1.14 bits per heavy atom. The minimum absolute atomic E-state index is 0.0527. The summed E-state index contributed by atoms with van der Waals surface area (Å²) in [5.41, 5.74) is -6.69. The molecule has 1 heterocycles. The van der Waals surface area contributed by atoms with Crippen molar-refractivity contribution in [3.63, 3.8) is 0 Å². The number of benzene rings is 1. The molecule has 0 aliphatic carbocycles. The predicted molar refractivity (Wildman–Crippen MR) is 91.4 cm³/mol. The zero-order valence-electron chi connectivity index (χ0n) is 15.6. The summed E-state index contributed by atoms with van der Waals surface area (Å²) in [5.74, 6) is -2.62. The van der Waals surface area contributed by atoms with Gasteiger partial charge in [0.2, 0.25) is 0 Å². The van der Waals surface area contributed by atoms with E-state index in [2.05, 4.69) is 9.28 Å². The first-order valence-electron chi connectivity index (χ1n) is 7.81. The number of carbonyl (C=O) groups is 1. The third kappa shape index (κ3) is 5.16. The van der Waals surface area contributed by atoms with Gasteiger partial charge in [0.1, 0.15) is 11.4 Å². The van der Waals surface area contributed by atoms with Crippen LogP contribution in [-0.2, 0) is 14.9 Å². The average molecular weight is 440 g/mol. The van der Waals surface area contributed by atoms with Gasteiger partial charge < -0.3 is 13.7 Å². The summed E-state index contributed by atoms with van der Waals surface area (Å²) < 4.78 is 88.9. The highest BCUT2D eigenvalue weighted by Gasteiger charge is 2.49. The molecule has 0 radical (unpaired) electrons. The smallest absolute Gasteiger partial charge is 0.493 e. The fourth-order valence-electron chi connectivity index (χ4n) is 2.02. The van der Waals surface area contributed by atoms with Crippen LogP contribution in [0.25, 0.3) is 11.1 Å². The molecule has 0 aliphatic rings. The molecule has 0 N–H and O–H groups in total. The summed E-state index contributed by atoms with van der Waals surface area (Å²) in [6, 6.07) is 1.33. The highest BCUT2D eigenvalue weighted by atomic mass is 32.2. The van der Waals surface area contributed by atoms with Crippen LogP contribution in [0.4, 0.5) is 22.4 Å². The molecule has 0 spiro atoms. The molecule has 0 amide bonds. The number of ether oxygens (including phenoxy) is 2. The van der Waals surface area contributed by atoms with Gasteiger partial charge in [0, 0.05) is 23.4 Å².